The van der Waals surface area contributed by atoms with E-state index >= 15 is 0 Å². The number of carboxylic acids is 1. The molecule has 3 aromatic carbocycles. The number of benzene rings is 3. The van der Waals surface area contributed by atoms with E-state index in [4.69, 9.17) is 19.6 Å². The molecule has 0 aliphatic heterocycles. The Balaban J connectivity index is 1.89. The highest BCUT2D eigenvalue weighted by Gasteiger charge is 2.22. The zero-order chi connectivity index (χ0) is 29.8. The van der Waals surface area contributed by atoms with Crippen LogP contribution in [0.5, 0.6) is 11.5 Å². The fourth-order valence-electron chi connectivity index (χ4n) is 4.30. The average Bonchev–Trinajstić information content (AvgIpc) is 2.93. The van der Waals surface area contributed by atoms with Gasteiger partial charge in [-0.15, -0.1) is 0 Å². The summed E-state index contributed by atoms with van der Waals surface area (Å²) >= 11 is 0. The summed E-state index contributed by atoms with van der Waals surface area (Å²) in [7, 11) is 0. The number of hydrogen-bond acceptors (Lipinski definition) is 8. The number of carbonyl (C=O) groups is 1. The van der Waals surface area contributed by atoms with Gasteiger partial charge in [-0.05, 0) is 74.2 Å². The lowest BCUT2D eigenvalue weighted by atomic mass is 9.96. The van der Waals surface area contributed by atoms with Gasteiger partial charge in [0.05, 0.1) is 28.6 Å². The maximum atomic E-state index is 13.7. The molecule has 0 bridgehead atoms. The second-order valence-corrected chi connectivity index (χ2v) is 9.69. The van der Waals surface area contributed by atoms with E-state index in [0.717, 1.165) is 16.9 Å². The number of nitro groups is 1. The molecule has 0 fully saturated rings. The zero-order valence-electron chi connectivity index (χ0n) is 23.3. The third-order valence-electron chi connectivity index (χ3n) is 6.43. The second kappa shape index (κ2) is 12.0. The van der Waals surface area contributed by atoms with Crippen molar-refractivity contribution in [3.8, 4) is 22.9 Å². The first-order valence-corrected chi connectivity index (χ1v) is 13.0. The van der Waals surface area contributed by atoms with E-state index in [-0.39, 0.29) is 11.7 Å². The van der Waals surface area contributed by atoms with Crippen molar-refractivity contribution in [3.05, 3.63) is 91.8 Å². The van der Waals surface area contributed by atoms with Crippen molar-refractivity contribution in [2.75, 3.05) is 6.61 Å². The Bertz CT molecular complexity index is 1730. The number of aryl methyl sites for hydroxylation is 1. The van der Waals surface area contributed by atoms with Crippen molar-refractivity contribution in [2.24, 2.45) is 5.10 Å². The fourth-order valence-corrected chi connectivity index (χ4v) is 4.30. The van der Waals surface area contributed by atoms with E-state index in [2.05, 4.69) is 5.10 Å². The van der Waals surface area contributed by atoms with Gasteiger partial charge < -0.3 is 14.6 Å². The van der Waals surface area contributed by atoms with Gasteiger partial charge in [0.2, 0.25) is 0 Å². The van der Waals surface area contributed by atoms with Crippen LogP contribution in [-0.4, -0.2) is 44.6 Å². The van der Waals surface area contributed by atoms with E-state index in [1.165, 1.54) is 36.0 Å². The third-order valence-corrected chi connectivity index (χ3v) is 6.43. The van der Waals surface area contributed by atoms with Crippen LogP contribution in [0, 0.1) is 17.0 Å². The first-order valence-electron chi connectivity index (χ1n) is 13.0. The van der Waals surface area contributed by atoms with Crippen LogP contribution in [0.1, 0.15) is 50.3 Å². The van der Waals surface area contributed by atoms with Crippen LogP contribution in [-0.2, 0) is 4.79 Å². The van der Waals surface area contributed by atoms with E-state index in [1.807, 2.05) is 39.8 Å². The summed E-state index contributed by atoms with van der Waals surface area (Å²) in [5.74, 6) is -0.263. The largest absolute Gasteiger partial charge is 0.494 e. The van der Waals surface area contributed by atoms with Crippen LogP contribution in [0.3, 0.4) is 0 Å². The SMILES string of the molecule is CCOc1cc(C)c(-c2nc3ccccc3c(=O)n2N=Cc2ccc(O[C@H](C)C(=O)O)c([N+](=O)[O-])c2)cc1C(C)C. The lowest BCUT2D eigenvalue weighted by molar-refractivity contribution is -0.386. The molecular weight excluding hydrogens is 528 g/mol. The molecule has 1 N–H and O–H groups in total. The maximum Gasteiger partial charge on any atom is 0.344 e. The number of ether oxygens (including phenoxy) is 2. The van der Waals surface area contributed by atoms with Gasteiger partial charge >= 0.3 is 11.7 Å². The third kappa shape index (κ3) is 6.08. The van der Waals surface area contributed by atoms with Gasteiger partial charge in [-0.1, -0.05) is 26.0 Å². The highest BCUT2D eigenvalue weighted by molar-refractivity contribution is 5.83. The molecule has 11 heteroatoms. The highest BCUT2D eigenvalue weighted by Crippen LogP contribution is 2.34. The summed E-state index contributed by atoms with van der Waals surface area (Å²) in [6.07, 6.45) is 0.0255. The summed E-state index contributed by atoms with van der Waals surface area (Å²) in [5.41, 5.74) is 2.42. The molecule has 1 atom stereocenters. The molecule has 1 aromatic heterocycles. The molecule has 0 aliphatic rings. The Morgan fingerprint density at radius 2 is 1.88 bits per heavy atom. The first-order chi connectivity index (χ1) is 19.5. The molecule has 4 aromatic rings. The van der Waals surface area contributed by atoms with Gasteiger partial charge in [-0.3, -0.25) is 14.9 Å². The number of aliphatic carboxylic acids is 1. The van der Waals surface area contributed by atoms with Crippen LogP contribution < -0.4 is 15.0 Å². The van der Waals surface area contributed by atoms with Gasteiger partial charge in [0.25, 0.3) is 5.56 Å². The molecule has 41 heavy (non-hydrogen) atoms. The second-order valence-electron chi connectivity index (χ2n) is 9.69. The molecule has 0 saturated carbocycles. The van der Waals surface area contributed by atoms with E-state index in [0.29, 0.717) is 34.5 Å². The minimum atomic E-state index is -1.29. The zero-order valence-corrected chi connectivity index (χ0v) is 23.3. The summed E-state index contributed by atoms with van der Waals surface area (Å²) < 4.78 is 12.3. The summed E-state index contributed by atoms with van der Waals surface area (Å²) in [6.45, 7) is 9.70. The molecule has 0 unspecified atom stereocenters. The van der Waals surface area contributed by atoms with Crippen molar-refractivity contribution < 1.29 is 24.3 Å². The van der Waals surface area contributed by atoms with Crippen LogP contribution in [0.25, 0.3) is 22.3 Å². The van der Waals surface area contributed by atoms with Gasteiger partial charge in [-0.2, -0.15) is 9.78 Å². The Morgan fingerprint density at radius 3 is 2.54 bits per heavy atom. The first kappa shape index (κ1) is 28.9. The number of rotatable bonds is 10. The molecule has 0 aliphatic carbocycles. The van der Waals surface area contributed by atoms with Gasteiger partial charge in [0.15, 0.2) is 17.7 Å². The number of para-hydroxylation sites is 1. The summed E-state index contributed by atoms with van der Waals surface area (Å²) in [6, 6.07) is 14.8. The molecular formula is C30H30N4O7. The minimum Gasteiger partial charge on any atom is -0.494 e. The molecule has 212 valence electrons. The Morgan fingerprint density at radius 1 is 1.15 bits per heavy atom. The molecule has 4 rings (SSSR count). The van der Waals surface area contributed by atoms with Gasteiger partial charge in [0.1, 0.15) is 5.75 Å². The van der Waals surface area contributed by atoms with Crippen LogP contribution in [0.2, 0.25) is 0 Å². The standard InChI is InChI=1S/C30H30N4O7/c1-6-40-27-13-18(4)23(15-22(27)17(2)3)28-32-24-10-8-7-9-21(24)29(35)33(28)31-16-20-11-12-26(25(14-20)34(38)39)41-19(5)30(36)37/h7-17,19H,6H2,1-5H3,(H,36,37)/t19-/m1/s1. The predicted molar refractivity (Wildman–Crippen MR) is 155 cm³/mol. The van der Waals surface area contributed by atoms with Crippen LogP contribution in [0.4, 0.5) is 5.69 Å². The Hall–Kier alpha value is -5.06. The number of aromatic nitrogens is 2. The quantitative estimate of drug-likeness (QED) is 0.152. The van der Waals surface area contributed by atoms with Crippen LogP contribution >= 0.6 is 0 Å². The summed E-state index contributed by atoms with van der Waals surface area (Å²) in [4.78, 5) is 40.6. The highest BCUT2D eigenvalue weighted by atomic mass is 16.6. The number of fused-ring (bicyclic) bond motifs is 1. The van der Waals surface area contributed by atoms with Crippen LogP contribution in [0.15, 0.2) is 64.5 Å². The topological polar surface area (TPSA) is 146 Å². The summed E-state index contributed by atoms with van der Waals surface area (Å²) in [5, 5.41) is 25.6. The van der Waals surface area contributed by atoms with Crippen molar-refractivity contribution in [1.29, 1.82) is 0 Å². The number of carboxylic acid groups (broad SMARTS) is 1. The van der Waals surface area contributed by atoms with Crippen molar-refractivity contribution >= 4 is 28.8 Å². The van der Waals surface area contributed by atoms with Gasteiger partial charge in [0, 0.05) is 17.2 Å². The lowest BCUT2D eigenvalue weighted by Crippen LogP contribution is -2.23. The minimum absolute atomic E-state index is 0.130. The monoisotopic (exact) mass is 558 g/mol. The normalized spacial score (nSPS) is 12.1. The van der Waals surface area contributed by atoms with E-state index < -0.39 is 28.2 Å². The number of nitrogens with zero attached hydrogens (tertiary/aromatic N) is 4. The Labute approximate surface area is 235 Å². The average molecular weight is 559 g/mol. The fraction of sp³-hybridized carbons (Fsp3) is 0.267. The van der Waals surface area contributed by atoms with Crippen molar-refractivity contribution in [2.45, 2.75) is 46.6 Å². The van der Waals surface area contributed by atoms with Crippen molar-refractivity contribution in [1.82, 2.24) is 9.66 Å². The predicted octanol–water partition coefficient (Wildman–Crippen LogP) is 5.54. The van der Waals surface area contributed by atoms with Gasteiger partial charge in [-0.25, -0.2) is 9.78 Å². The van der Waals surface area contributed by atoms with Crippen molar-refractivity contribution in [3.63, 3.8) is 0 Å². The lowest BCUT2D eigenvalue weighted by Gasteiger charge is -2.18. The van der Waals surface area contributed by atoms with E-state index in [1.54, 1.807) is 24.3 Å². The molecule has 0 spiro atoms. The van der Waals surface area contributed by atoms with E-state index in [9.17, 15) is 19.7 Å². The number of nitro benzene ring substituents is 1. The molecule has 1 heterocycles. The Kier molecular flexibility index (Phi) is 8.46. The smallest absolute Gasteiger partial charge is 0.344 e. The molecule has 11 nitrogen and oxygen atoms in total. The number of hydrogen-bond donors (Lipinski definition) is 1. The maximum absolute atomic E-state index is 13.7. The molecule has 0 saturated heterocycles. The molecule has 0 amide bonds. The molecule has 0 radical (unpaired) electrons.